The van der Waals surface area contributed by atoms with E-state index >= 15 is 0 Å². The maximum atomic E-state index is 13.1. The van der Waals surface area contributed by atoms with Crippen LogP contribution in [0.15, 0.2) is 12.3 Å². The van der Waals surface area contributed by atoms with Crippen LogP contribution in [0.1, 0.15) is 37.4 Å². The summed E-state index contributed by atoms with van der Waals surface area (Å²) in [5.74, 6) is -0.431. The van der Waals surface area contributed by atoms with Crippen molar-refractivity contribution >= 4 is 29.0 Å². The van der Waals surface area contributed by atoms with Crippen LogP contribution >= 0.6 is 11.6 Å². The molecule has 0 aliphatic rings. The first-order valence-corrected chi connectivity index (χ1v) is 8.10. The van der Waals surface area contributed by atoms with Gasteiger partial charge in [-0.15, -0.1) is 0 Å². The highest BCUT2D eigenvalue weighted by molar-refractivity contribution is 6.33. The molecule has 2 heterocycles. The number of aryl methyl sites for hydroxylation is 1. The van der Waals surface area contributed by atoms with E-state index in [4.69, 9.17) is 16.8 Å². The summed E-state index contributed by atoms with van der Waals surface area (Å²) in [6, 6.07) is 0.823. The number of fused-ring (bicyclic) bond motifs is 1. The lowest BCUT2D eigenvalue weighted by Crippen LogP contribution is -2.27. The smallest absolute Gasteiger partial charge is 0.359 e. The van der Waals surface area contributed by atoms with Crippen LogP contribution in [0.5, 0.6) is 0 Å². The van der Waals surface area contributed by atoms with Gasteiger partial charge < -0.3 is 5.32 Å². The Morgan fingerprint density at radius 3 is 2.72 bits per heavy atom. The topological polar surface area (TPSA) is 78.7 Å². The number of hydroxylamine groups is 1. The average Bonchev–Trinajstić information content (AvgIpc) is 2.90. The Morgan fingerprint density at radius 2 is 2.12 bits per heavy atom. The molecule has 0 atom stereocenters. The zero-order chi connectivity index (χ0) is 18.6. The number of carbonyl (C=O) groups excluding carboxylic acids is 1. The molecule has 0 radical (unpaired) electrons. The number of hydrogen-bond donors (Lipinski definition) is 3. The third-order valence-corrected chi connectivity index (χ3v) is 3.94. The fourth-order valence-corrected chi connectivity index (χ4v) is 2.68. The average molecular weight is 379 g/mol. The number of pyridine rings is 1. The summed E-state index contributed by atoms with van der Waals surface area (Å²) in [4.78, 5) is 15.4. The molecule has 0 saturated carbocycles. The van der Waals surface area contributed by atoms with E-state index in [-0.39, 0.29) is 23.0 Å². The summed E-state index contributed by atoms with van der Waals surface area (Å²) >= 11 is 5.97. The van der Waals surface area contributed by atoms with Crippen molar-refractivity contribution in [2.45, 2.75) is 38.8 Å². The number of halogens is 4. The number of rotatable bonds is 7. The van der Waals surface area contributed by atoms with Gasteiger partial charge >= 0.3 is 6.18 Å². The molecule has 6 nitrogen and oxygen atoms in total. The van der Waals surface area contributed by atoms with E-state index in [0.717, 1.165) is 31.5 Å². The molecule has 0 aliphatic heterocycles. The van der Waals surface area contributed by atoms with Crippen molar-refractivity contribution in [2.75, 3.05) is 11.9 Å². The Labute approximate surface area is 146 Å². The number of unbranched alkanes of at least 4 members (excludes halogenated alkanes) is 2. The van der Waals surface area contributed by atoms with Crippen LogP contribution in [-0.4, -0.2) is 27.0 Å². The second-order valence-electron chi connectivity index (χ2n) is 5.52. The van der Waals surface area contributed by atoms with Gasteiger partial charge in [0, 0.05) is 6.20 Å². The first kappa shape index (κ1) is 19.3. The molecule has 10 heteroatoms. The first-order chi connectivity index (χ1) is 11.8. The van der Waals surface area contributed by atoms with Crippen LogP contribution in [0, 0.1) is 0 Å². The fraction of sp³-hybridized carbons (Fsp3) is 0.467. The third kappa shape index (κ3) is 4.55. The van der Waals surface area contributed by atoms with E-state index in [0.29, 0.717) is 12.1 Å². The molecule has 0 fully saturated rings. The summed E-state index contributed by atoms with van der Waals surface area (Å²) in [5, 5.41) is 11.1. The number of hydrogen-bond acceptors (Lipinski definition) is 4. The van der Waals surface area contributed by atoms with Crippen molar-refractivity contribution in [3.05, 3.63) is 28.5 Å². The zero-order valence-corrected chi connectivity index (χ0v) is 14.2. The largest absolute Gasteiger partial charge is 0.417 e. The molecule has 2 aromatic rings. The van der Waals surface area contributed by atoms with Gasteiger partial charge in [-0.3, -0.25) is 14.4 Å². The lowest BCUT2D eigenvalue weighted by atomic mass is 10.1. The minimum absolute atomic E-state index is 0.133. The monoisotopic (exact) mass is 378 g/mol. The molecule has 25 heavy (non-hydrogen) atoms. The molecular formula is C15H18ClF3N4O2. The number of alkyl halides is 3. The lowest BCUT2D eigenvalue weighted by Gasteiger charge is -2.10. The molecule has 0 aromatic carbocycles. The van der Waals surface area contributed by atoms with Crippen molar-refractivity contribution in [3.63, 3.8) is 0 Å². The van der Waals surface area contributed by atoms with Gasteiger partial charge in [-0.25, -0.2) is 10.5 Å². The number of imidazole rings is 1. The van der Waals surface area contributed by atoms with Gasteiger partial charge in [-0.2, -0.15) is 13.2 Å². The van der Waals surface area contributed by atoms with Crippen LogP contribution in [0.25, 0.3) is 5.65 Å². The second-order valence-corrected chi connectivity index (χ2v) is 5.93. The number of amides is 1. The maximum Gasteiger partial charge on any atom is 0.417 e. The van der Waals surface area contributed by atoms with Crippen molar-refractivity contribution in [1.82, 2.24) is 14.9 Å². The van der Waals surface area contributed by atoms with Crippen LogP contribution in [-0.2, 0) is 17.4 Å². The van der Waals surface area contributed by atoms with Crippen molar-refractivity contribution in [2.24, 2.45) is 0 Å². The Balaban J connectivity index is 2.49. The SMILES string of the molecule is CCCCCc1c(NCC(=O)NO)nc2c(Cl)cc(C(F)(F)F)cn12. The quantitative estimate of drug-likeness (QED) is 0.390. The standard InChI is InChI=1S/C15H18ClF3N4O2/c1-2-3-4-5-11-13(20-7-12(24)22-25)21-14-10(16)6-9(8-23(11)14)15(17,18)19/h6,8,20,25H,2-5,7H2,1H3,(H,22,24). The van der Waals surface area contributed by atoms with Crippen LogP contribution < -0.4 is 10.8 Å². The van der Waals surface area contributed by atoms with Gasteiger partial charge in [0.1, 0.15) is 5.82 Å². The molecule has 2 rings (SSSR count). The van der Waals surface area contributed by atoms with Crippen molar-refractivity contribution in [1.29, 1.82) is 0 Å². The van der Waals surface area contributed by atoms with Crippen molar-refractivity contribution < 1.29 is 23.2 Å². The van der Waals surface area contributed by atoms with Gasteiger partial charge in [0.15, 0.2) is 5.65 Å². The molecule has 0 bridgehead atoms. The molecule has 0 spiro atoms. The Morgan fingerprint density at radius 1 is 1.40 bits per heavy atom. The predicted octanol–water partition coefficient (Wildman–Crippen LogP) is 3.66. The minimum atomic E-state index is -4.53. The van der Waals surface area contributed by atoms with Gasteiger partial charge in [0.25, 0.3) is 5.91 Å². The number of anilines is 1. The normalized spacial score (nSPS) is 11.8. The van der Waals surface area contributed by atoms with Crippen LogP contribution in [0.3, 0.4) is 0 Å². The molecule has 3 N–H and O–H groups in total. The van der Waals surface area contributed by atoms with Gasteiger partial charge in [0.2, 0.25) is 0 Å². The molecule has 0 unspecified atom stereocenters. The Bertz CT molecular complexity index is 761. The Kier molecular flexibility index (Phi) is 6.12. The highest BCUT2D eigenvalue weighted by Crippen LogP contribution is 2.34. The summed E-state index contributed by atoms with van der Waals surface area (Å²) in [5.41, 5.74) is 1.27. The first-order valence-electron chi connectivity index (χ1n) is 7.72. The van der Waals surface area contributed by atoms with E-state index in [1.165, 1.54) is 9.88 Å². The third-order valence-electron chi connectivity index (χ3n) is 3.66. The molecular weight excluding hydrogens is 361 g/mol. The maximum absolute atomic E-state index is 13.1. The van der Waals surface area contributed by atoms with Gasteiger partial charge in [-0.05, 0) is 18.9 Å². The van der Waals surface area contributed by atoms with Crippen molar-refractivity contribution in [3.8, 4) is 0 Å². The number of nitrogens with one attached hydrogen (secondary N) is 2. The van der Waals surface area contributed by atoms with E-state index in [1.807, 2.05) is 6.92 Å². The zero-order valence-electron chi connectivity index (χ0n) is 13.5. The fourth-order valence-electron chi connectivity index (χ4n) is 2.43. The molecule has 2 aromatic heterocycles. The lowest BCUT2D eigenvalue weighted by molar-refractivity contribution is -0.137. The van der Waals surface area contributed by atoms with E-state index in [9.17, 15) is 18.0 Å². The number of nitrogens with zero attached hydrogens (tertiary/aromatic N) is 2. The number of carbonyl (C=O) groups is 1. The minimum Gasteiger partial charge on any atom is -0.359 e. The van der Waals surface area contributed by atoms with Crippen LogP contribution in [0.4, 0.5) is 19.0 Å². The molecule has 0 saturated heterocycles. The Hall–Kier alpha value is -2.00. The summed E-state index contributed by atoms with van der Waals surface area (Å²) in [6.07, 6.45) is -0.522. The van der Waals surface area contributed by atoms with Gasteiger partial charge in [0.05, 0.1) is 22.8 Å². The van der Waals surface area contributed by atoms with Gasteiger partial charge in [-0.1, -0.05) is 31.4 Å². The predicted molar refractivity (Wildman–Crippen MR) is 86.9 cm³/mol. The van der Waals surface area contributed by atoms with E-state index < -0.39 is 17.6 Å². The van der Waals surface area contributed by atoms with E-state index in [1.54, 1.807) is 0 Å². The van der Waals surface area contributed by atoms with Crippen LogP contribution in [0.2, 0.25) is 5.02 Å². The summed E-state index contributed by atoms with van der Waals surface area (Å²) in [6.45, 7) is 1.74. The molecule has 1 amide bonds. The van der Waals surface area contributed by atoms with E-state index in [2.05, 4.69) is 10.3 Å². The molecule has 138 valence electrons. The highest BCUT2D eigenvalue weighted by Gasteiger charge is 2.32. The summed E-state index contributed by atoms with van der Waals surface area (Å²) < 4.78 is 40.5. The number of aromatic nitrogens is 2. The molecule has 0 aliphatic carbocycles. The second kappa shape index (κ2) is 7.92. The summed E-state index contributed by atoms with van der Waals surface area (Å²) in [7, 11) is 0. The highest BCUT2D eigenvalue weighted by atomic mass is 35.5.